The summed E-state index contributed by atoms with van der Waals surface area (Å²) in [5.74, 6) is -0.726. The maximum absolute atomic E-state index is 12.4. The van der Waals surface area contributed by atoms with Crippen LogP contribution in [0.25, 0.3) is 0 Å². The highest BCUT2D eigenvalue weighted by Crippen LogP contribution is 2.26. The van der Waals surface area contributed by atoms with Crippen LogP contribution in [0.1, 0.15) is 17.3 Å². The maximum atomic E-state index is 12.4. The highest BCUT2D eigenvalue weighted by Gasteiger charge is 2.15. The number of anilines is 2. The van der Waals surface area contributed by atoms with Crippen molar-refractivity contribution in [3.8, 4) is 0 Å². The van der Waals surface area contributed by atoms with Crippen molar-refractivity contribution >= 4 is 44.8 Å². The third-order valence-corrected chi connectivity index (χ3v) is 5.15. The number of sulfonamides is 1. The first-order valence-corrected chi connectivity index (χ1v) is 9.68. The van der Waals surface area contributed by atoms with E-state index in [-0.39, 0.29) is 22.9 Å². The fourth-order valence-electron chi connectivity index (χ4n) is 2.13. The quantitative estimate of drug-likeness (QED) is 0.613. The number of benzene rings is 2. The molecular formula is C18H18ClN3O4S. The highest BCUT2D eigenvalue weighted by molar-refractivity contribution is 7.89. The smallest absolute Gasteiger partial charge is 0.255 e. The summed E-state index contributed by atoms with van der Waals surface area (Å²) in [5, 5.41) is 5.53. The zero-order chi connectivity index (χ0) is 20.0. The lowest BCUT2D eigenvalue weighted by atomic mass is 10.2. The fraction of sp³-hybridized carbons (Fsp3) is 0.111. The molecule has 0 spiro atoms. The number of nitrogens with one attached hydrogen (secondary N) is 3. The Morgan fingerprint density at radius 1 is 1.11 bits per heavy atom. The average molecular weight is 408 g/mol. The number of amides is 2. The van der Waals surface area contributed by atoms with Gasteiger partial charge >= 0.3 is 0 Å². The van der Waals surface area contributed by atoms with Crippen LogP contribution in [-0.2, 0) is 14.8 Å². The Balaban J connectivity index is 2.17. The summed E-state index contributed by atoms with van der Waals surface area (Å²) in [6, 6.07) is 10.1. The zero-order valence-corrected chi connectivity index (χ0v) is 16.0. The predicted molar refractivity (Wildman–Crippen MR) is 106 cm³/mol. The molecule has 0 bridgehead atoms. The van der Waals surface area contributed by atoms with Crippen LogP contribution in [-0.4, -0.2) is 26.8 Å². The first kappa shape index (κ1) is 20.6. The standard InChI is InChI=1S/C18H18ClN3O4S/c1-3-10-20-27(25,26)15-7-4-13(5-8-15)18(24)22-17-11-14(21-12(2)23)6-9-16(17)19/h3-9,11,20H,1,10H2,2H3,(H,21,23)(H,22,24). The molecule has 0 aromatic heterocycles. The summed E-state index contributed by atoms with van der Waals surface area (Å²) < 4.78 is 26.4. The highest BCUT2D eigenvalue weighted by atomic mass is 35.5. The molecule has 3 N–H and O–H groups in total. The molecule has 0 saturated carbocycles. The molecule has 0 atom stereocenters. The Morgan fingerprint density at radius 2 is 1.78 bits per heavy atom. The average Bonchev–Trinajstić information content (AvgIpc) is 2.62. The van der Waals surface area contributed by atoms with Crippen LogP contribution in [0.4, 0.5) is 11.4 Å². The lowest BCUT2D eigenvalue weighted by molar-refractivity contribution is -0.114. The topological polar surface area (TPSA) is 104 Å². The molecule has 9 heteroatoms. The molecule has 0 aliphatic carbocycles. The van der Waals surface area contributed by atoms with Crippen molar-refractivity contribution < 1.29 is 18.0 Å². The van der Waals surface area contributed by atoms with Gasteiger partial charge in [0.1, 0.15) is 0 Å². The van der Waals surface area contributed by atoms with Gasteiger partial charge in [-0.2, -0.15) is 0 Å². The number of carbonyl (C=O) groups is 2. The van der Waals surface area contributed by atoms with Crippen molar-refractivity contribution in [1.82, 2.24) is 4.72 Å². The fourth-order valence-corrected chi connectivity index (χ4v) is 3.30. The van der Waals surface area contributed by atoms with E-state index in [2.05, 4.69) is 21.9 Å². The predicted octanol–water partition coefficient (Wildman–Crippen LogP) is 3.02. The lowest BCUT2D eigenvalue weighted by Crippen LogP contribution is -2.23. The van der Waals surface area contributed by atoms with Crippen LogP contribution in [0, 0.1) is 0 Å². The van der Waals surface area contributed by atoms with Crippen LogP contribution in [0.5, 0.6) is 0 Å². The summed E-state index contributed by atoms with van der Waals surface area (Å²) in [7, 11) is -3.66. The molecule has 27 heavy (non-hydrogen) atoms. The van der Waals surface area contributed by atoms with Crippen molar-refractivity contribution in [3.05, 3.63) is 65.7 Å². The summed E-state index contributed by atoms with van der Waals surface area (Å²) in [6.07, 6.45) is 1.43. The first-order chi connectivity index (χ1) is 12.7. The lowest BCUT2D eigenvalue weighted by Gasteiger charge is -2.10. The SMILES string of the molecule is C=CCNS(=O)(=O)c1ccc(C(=O)Nc2cc(NC(C)=O)ccc2Cl)cc1. The van der Waals surface area contributed by atoms with E-state index in [0.29, 0.717) is 16.4 Å². The monoisotopic (exact) mass is 407 g/mol. The molecule has 0 aliphatic rings. The molecule has 142 valence electrons. The van der Waals surface area contributed by atoms with Crippen molar-refractivity contribution in [2.45, 2.75) is 11.8 Å². The third kappa shape index (κ3) is 5.65. The molecule has 0 fully saturated rings. The minimum absolute atomic E-state index is 0.0339. The number of carbonyl (C=O) groups excluding carboxylic acids is 2. The third-order valence-electron chi connectivity index (χ3n) is 3.38. The van der Waals surface area contributed by atoms with Crippen LogP contribution in [0.3, 0.4) is 0 Å². The van der Waals surface area contributed by atoms with Crippen molar-refractivity contribution in [1.29, 1.82) is 0 Å². The van der Waals surface area contributed by atoms with E-state index in [4.69, 9.17) is 11.6 Å². The van der Waals surface area contributed by atoms with Gasteiger partial charge in [0.05, 0.1) is 15.6 Å². The second-order valence-corrected chi connectivity index (χ2v) is 7.67. The van der Waals surface area contributed by atoms with Crippen LogP contribution >= 0.6 is 11.6 Å². The normalized spacial score (nSPS) is 10.9. The number of halogens is 1. The zero-order valence-electron chi connectivity index (χ0n) is 14.5. The van der Waals surface area contributed by atoms with Gasteiger partial charge in [0.25, 0.3) is 5.91 Å². The molecule has 2 amide bonds. The molecule has 0 heterocycles. The number of hydrogen-bond acceptors (Lipinski definition) is 4. The molecular weight excluding hydrogens is 390 g/mol. The Bertz CT molecular complexity index is 973. The summed E-state index contributed by atoms with van der Waals surface area (Å²) in [6.45, 7) is 4.92. The van der Waals surface area contributed by atoms with Crippen LogP contribution in [0.15, 0.2) is 60.0 Å². The Hall–Kier alpha value is -2.68. The van der Waals surface area contributed by atoms with Gasteiger partial charge in [-0.05, 0) is 42.5 Å². The summed E-state index contributed by atoms with van der Waals surface area (Å²) >= 11 is 6.07. The molecule has 7 nitrogen and oxygen atoms in total. The maximum Gasteiger partial charge on any atom is 0.255 e. The molecule has 0 aliphatic heterocycles. The summed E-state index contributed by atoms with van der Waals surface area (Å²) in [4.78, 5) is 23.6. The van der Waals surface area contributed by atoms with Gasteiger partial charge in [0.2, 0.25) is 15.9 Å². The Kier molecular flexibility index (Phi) is 6.73. The van der Waals surface area contributed by atoms with E-state index < -0.39 is 15.9 Å². The first-order valence-electron chi connectivity index (χ1n) is 7.82. The van der Waals surface area contributed by atoms with Gasteiger partial charge in [0, 0.05) is 24.7 Å². The van der Waals surface area contributed by atoms with E-state index >= 15 is 0 Å². The second-order valence-electron chi connectivity index (χ2n) is 5.49. The van der Waals surface area contributed by atoms with Crippen molar-refractivity contribution in [2.24, 2.45) is 0 Å². The van der Waals surface area contributed by atoms with Crippen molar-refractivity contribution in [3.63, 3.8) is 0 Å². The van der Waals surface area contributed by atoms with Crippen molar-refractivity contribution in [2.75, 3.05) is 17.2 Å². The van der Waals surface area contributed by atoms with Gasteiger partial charge < -0.3 is 10.6 Å². The molecule has 0 unspecified atom stereocenters. The molecule has 0 radical (unpaired) electrons. The van der Waals surface area contributed by atoms with Gasteiger partial charge in [-0.1, -0.05) is 17.7 Å². The number of hydrogen-bond donors (Lipinski definition) is 3. The van der Waals surface area contributed by atoms with E-state index in [1.165, 1.54) is 43.3 Å². The molecule has 2 aromatic rings. The minimum Gasteiger partial charge on any atom is -0.326 e. The summed E-state index contributed by atoms with van der Waals surface area (Å²) in [5.41, 5.74) is 1.05. The molecule has 2 rings (SSSR count). The number of rotatable bonds is 7. The van der Waals surface area contributed by atoms with E-state index in [1.54, 1.807) is 12.1 Å². The van der Waals surface area contributed by atoms with Crippen LogP contribution < -0.4 is 15.4 Å². The Morgan fingerprint density at radius 3 is 2.37 bits per heavy atom. The largest absolute Gasteiger partial charge is 0.326 e. The Labute approximate surface area is 162 Å². The van der Waals surface area contributed by atoms with Gasteiger partial charge in [-0.15, -0.1) is 6.58 Å². The van der Waals surface area contributed by atoms with Gasteiger partial charge in [-0.3, -0.25) is 9.59 Å². The molecule has 0 saturated heterocycles. The van der Waals surface area contributed by atoms with Gasteiger partial charge in [-0.25, -0.2) is 13.1 Å². The minimum atomic E-state index is -3.66. The van der Waals surface area contributed by atoms with E-state index in [1.807, 2.05) is 0 Å². The van der Waals surface area contributed by atoms with E-state index in [0.717, 1.165) is 0 Å². The van der Waals surface area contributed by atoms with E-state index in [9.17, 15) is 18.0 Å². The molecule has 2 aromatic carbocycles. The van der Waals surface area contributed by atoms with Crippen LogP contribution in [0.2, 0.25) is 5.02 Å². The second kappa shape index (κ2) is 8.81. The van der Waals surface area contributed by atoms with Gasteiger partial charge in [0.15, 0.2) is 0 Å².